The summed E-state index contributed by atoms with van der Waals surface area (Å²) < 4.78 is 4.56. The monoisotopic (exact) mass is 356 g/mol. The minimum absolute atomic E-state index is 0.0836. The molecule has 4 rings (SSSR count). The van der Waals surface area contributed by atoms with Crippen LogP contribution in [0.5, 0.6) is 0 Å². The minimum atomic E-state index is 0.0836. The van der Waals surface area contributed by atoms with Gasteiger partial charge in [-0.15, -0.1) is 0 Å². The summed E-state index contributed by atoms with van der Waals surface area (Å²) in [6.45, 7) is 6.31. The van der Waals surface area contributed by atoms with Crippen LogP contribution >= 0.6 is 11.5 Å². The molecule has 1 aromatic heterocycles. The smallest absolute Gasteiger partial charge is 0.205 e. The molecule has 6 heteroatoms. The number of carbonyl (C=O) groups excluding carboxylic acids is 1. The number of carbonyl (C=O) groups is 1. The van der Waals surface area contributed by atoms with E-state index in [9.17, 15) is 4.79 Å². The first-order valence-electron chi connectivity index (χ1n) is 9.15. The Bertz CT molecular complexity index is 736. The Morgan fingerprint density at radius 2 is 1.92 bits per heavy atom. The van der Waals surface area contributed by atoms with Gasteiger partial charge in [-0.25, -0.2) is 0 Å². The highest BCUT2D eigenvalue weighted by Gasteiger charge is 2.29. The lowest BCUT2D eigenvalue weighted by Gasteiger charge is -2.27. The molecule has 2 aromatic rings. The first-order chi connectivity index (χ1) is 12.2. The number of benzene rings is 1. The number of anilines is 1. The van der Waals surface area contributed by atoms with Crippen LogP contribution in [0.3, 0.4) is 0 Å². The molecule has 0 radical (unpaired) electrons. The van der Waals surface area contributed by atoms with Gasteiger partial charge in [0.05, 0.1) is 0 Å². The molecule has 2 aliphatic rings. The summed E-state index contributed by atoms with van der Waals surface area (Å²) in [6.07, 6.45) is 5.16. The lowest BCUT2D eigenvalue weighted by Crippen LogP contribution is -2.39. The Balaban J connectivity index is 1.48. The van der Waals surface area contributed by atoms with E-state index in [4.69, 9.17) is 4.98 Å². The predicted molar refractivity (Wildman–Crippen MR) is 101 cm³/mol. The van der Waals surface area contributed by atoms with Gasteiger partial charge in [-0.1, -0.05) is 24.3 Å². The average molecular weight is 356 g/mol. The molecule has 0 bridgehead atoms. The molecule has 0 amide bonds. The Morgan fingerprint density at radius 3 is 2.64 bits per heavy atom. The van der Waals surface area contributed by atoms with Crippen molar-refractivity contribution >= 4 is 22.4 Å². The van der Waals surface area contributed by atoms with E-state index < -0.39 is 0 Å². The second-order valence-electron chi connectivity index (χ2n) is 7.03. The van der Waals surface area contributed by atoms with E-state index >= 15 is 0 Å². The van der Waals surface area contributed by atoms with E-state index in [0.717, 1.165) is 35.2 Å². The maximum atomic E-state index is 11.4. The van der Waals surface area contributed by atoms with Gasteiger partial charge in [0.15, 0.2) is 11.6 Å². The standard InChI is InChI=1S/C19H24N4OS/c1-14(24)15-6-8-16(9-7-15)18-20-19(25-21-18)23-12-4-5-17(23)13-22-10-2-3-11-22/h6-9,17H,2-5,10-13H2,1H3/t17-/m0/s1. The molecule has 0 N–H and O–H groups in total. The summed E-state index contributed by atoms with van der Waals surface area (Å²) in [4.78, 5) is 21.2. The number of ketones is 1. The molecule has 1 atom stereocenters. The topological polar surface area (TPSA) is 49.3 Å². The lowest BCUT2D eigenvalue weighted by molar-refractivity contribution is 0.101. The maximum Gasteiger partial charge on any atom is 0.205 e. The minimum Gasteiger partial charge on any atom is -0.343 e. The van der Waals surface area contributed by atoms with Crippen molar-refractivity contribution in [3.05, 3.63) is 29.8 Å². The van der Waals surface area contributed by atoms with Crippen LogP contribution < -0.4 is 4.90 Å². The number of aromatic nitrogens is 2. The first-order valence-corrected chi connectivity index (χ1v) is 9.92. The number of hydrogen-bond donors (Lipinski definition) is 0. The molecule has 0 unspecified atom stereocenters. The molecular formula is C19H24N4OS. The average Bonchev–Trinajstić information content (AvgIpc) is 3.37. The van der Waals surface area contributed by atoms with Crippen molar-refractivity contribution in [1.82, 2.24) is 14.3 Å². The van der Waals surface area contributed by atoms with Gasteiger partial charge >= 0.3 is 0 Å². The Morgan fingerprint density at radius 1 is 1.16 bits per heavy atom. The van der Waals surface area contributed by atoms with Gasteiger partial charge in [-0.2, -0.15) is 9.36 Å². The summed E-state index contributed by atoms with van der Waals surface area (Å²) in [5.41, 5.74) is 1.70. The molecule has 0 spiro atoms. The SMILES string of the molecule is CC(=O)c1ccc(-c2nsc(N3CCC[C@H]3CN3CCCC3)n2)cc1. The van der Waals surface area contributed by atoms with Crippen LogP contribution in [0, 0.1) is 0 Å². The highest BCUT2D eigenvalue weighted by molar-refractivity contribution is 7.09. The Labute approximate surface area is 152 Å². The third kappa shape index (κ3) is 3.60. The van der Waals surface area contributed by atoms with E-state index in [1.165, 1.54) is 50.3 Å². The molecule has 0 saturated carbocycles. The van der Waals surface area contributed by atoms with Crippen molar-refractivity contribution in [1.29, 1.82) is 0 Å². The zero-order valence-corrected chi connectivity index (χ0v) is 15.5. The van der Waals surface area contributed by atoms with Crippen molar-refractivity contribution < 1.29 is 4.79 Å². The second-order valence-corrected chi connectivity index (χ2v) is 7.76. The lowest BCUT2D eigenvalue weighted by atomic mass is 10.1. The van der Waals surface area contributed by atoms with Crippen LogP contribution in [0.4, 0.5) is 5.13 Å². The Hall–Kier alpha value is -1.79. The van der Waals surface area contributed by atoms with E-state index in [1.807, 2.05) is 24.3 Å². The highest BCUT2D eigenvalue weighted by atomic mass is 32.1. The van der Waals surface area contributed by atoms with Gasteiger partial charge in [0.25, 0.3) is 0 Å². The summed E-state index contributed by atoms with van der Waals surface area (Å²) in [7, 11) is 0. The van der Waals surface area contributed by atoms with Crippen LogP contribution in [0.15, 0.2) is 24.3 Å². The number of likely N-dealkylation sites (tertiary alicyclic amines) is 1. The van der Waals surface area contributed by atoms with Crippen molar-refractivity contribution in [2.24, 2.45) is 0 Å². The van der Waals surface area contributed by atoms with Gasteiger partial charge in [-0.05, 0) is 45.7 Å². The molecule has 2 aliphatic heterocycles. The number of Topliss-reactive ketones (excluding diaryl/α,β-unsaturated/α-hetero) is 1. The zero-order chi connectivity index (χ0) is 17.2. The molecule has 5 nitrogen and oxygen atoms in total. The van der Waals surface area contributed by atoms with Crippen LogP contribution in [-0.2, 0) is 0 Å². The third-order valence-corrected chi connectivity index (χ3v) is 6.01. The largest absolute Gasteiger partial charge is 0.343 e. The van der Waals surface area contributed by atoms with Crippen LogP contribution in [0.25, 0.3) is 11.4 Å². The summed E-state index contributed by atoms with van der Waals surface area (Å²) in [5.74, 6) is 0.849. The van der Waals surface area contributed by atoms with Crippen LogP contribution in [0.1, 0.15) is 43.0 Å². The van der Waals surface area contributed by atoms with E-state index in [0.29, 0.717) is 6.04 Å². The number of nitrogens with zero attached hydrogens (tertiary/aromatic N) is 4. The van der Waals surface area contributed by atoms with Gasteiger partial charge in [-0.3, -0.25) is 4.79 Å². The molecular weight excluding hydrogens is 332 g/mol. The van der Waals surface area contributed by atoms with E-state index in [-0.39, 0.29) is 5.78 Å². The van der Waals surface area contributed by atoms with Crippen molar-refractivity contribution in [3.8, 4) is 11.4 Å². The molecule has 132 valence electrons. The van der Waals surface area contributed by atoms with E-state index in [2.05, 4.69) is 14.2 Å². The summed E-state index contributed by atoms with van der Waals surface area (Å²) in [6, 6.07) is 8.15. The normalized spacial score (nSPS) is 21.2. The molecule has 3 heterocycles. The number of hydrogen-bond acceptors (Lipinski definition) is 6. The van der Waals surface area contributed by atoms with Crippen LogP contribution in [-0.4, -0.2) is 52.3 Å². The van der Waals surface area contributed by atoms with Crippen LogP contribution in [0.2, 0.25) is 0 Å². The molecule has 2 fully saturated rings. The molecule has 1 aromatic carbocycles. The maximum absolute atomic E-state index is 11.4. The fraction of sp³-hybridized carbons (Fsp3) is 0.526. The fourth-order valence-electron chi connectivity index (χ4n) is 3.84. The summed E-state index contributed by atoms with van der Waals surface area (Å²) >= 11 is 1.49. The predicted octanol–water partition coefficient (Wildman–Crippen LogP) is 3.47. The zero-order valence-electron chi connectivity index (χ0n) is 14.6. The van der Waals surface area contributed by atoms with Gasteiger partial charge in [0, 0.05) is 41.8 Å². The quantitative estimate of drug-likeness (QED) is 0.768. The number of rotatable bonds is 5. The highest BCUT2D eigenvalue weighted by Crippen LogP contribution is 2.30. The molecule has 2 saturated heterocycles. The third-order valence-electron chi connectivity index (χ3n) is 5.26. The van der Waals surface area contributed by atoms with Crippen molar-refractivity contribution in [2.75, 3.05) is 31.1 Å². The van der Waals surface area contributed by atoms with Gasteiger partial charge in [0.1, 0.15) is 0 Å². The van der Waals surface area contributed by atoms with Gasteiger partial charge < -0.3 is 9.80 Å². The van der Waals surface area contributed by atoms with Crippen molar-refractivity contribution in [3.63, 3.8) is 0 Å². The summed E-state index contributed by atoms with van der Waals surface area (Å²) in [5, 5.41) is 1.03. The first kappa shape index (κ1) is 16.7. The van der Waals surface area contributed by atoms with Crippen molar-refractivity contribution in [2.45, 2.75) is 38.6 Å². The Kier molecular flexibility index (Phi) is 4.81. The second kappa shape index (κ2) is 7.22. The van der Waals surface area contributed by atoms with Gasteiger partial charge in [0.2, 0.25) is 5.13 Å². The van der Waals surface area contributed by atoms with E-state index in [1.54, 1.807) is 6.92 Å². The molecule has 0 aliphatic carbocycles. The molecule has 25 heavy (non-hydrogen) atoms. The fourth-order valence-corrected chi connectivity index (χ4v) is 4.63.